The van der Waals surface area contributed by atoms with Gasteiger partial charge in [-0.1, -0.05) is 37.3 Å². The first-order valence-electron chi connectivity index (χ1n) is 11.8. The van der Waals surface area contributed by atoms with Gasteiger partial charge in [-0.2, -0.15) is 0 Å². The molecule has 1 N–H and O–H groups in total. The quantitative estimate of drug-likeness (QED) is 0.778. The largest absolute Gasteiger partial charge is 0.339 e. The van der Waals surface area contributed by atoms with Crippen LogP contribution in [0.3, 0.4) is 0 Å². The van der Waals surface area contributed by atoms with Crippen molar-refractivity contribution in [2.45, 2.75) is 52.0 Å². The summed E-state index contributed by atoms with van der Waals surface area (Å²) in [6.45, 7) is 7.77. The molecule has 0 saturated carbocycles. The van der Waals surface area contributed by atoms with Crippen molar-refractivity contribution in [2.75, 3.05) is 26.2 Å². The van der Waals surface area contributed by atoms with Crippen molar-refractivity contribution in [3.05, 3.63) is 65.0 Å². The van der Waals surface area contributed by atoms with Crippen LogP contribution in [0.4, 0.5) is 4.79 Å². The van der Waals surface area contributed by atoms with Crippen molar-refractivity contribution in [1.29, 1.82) is 0 Å². The van der Waals surface area contributed by atoms with Crippen molar-refractivity contribution in [2.24, 2.45) is 5.92 Å². The summed E-state index contributed by atoms with van der Waals surface area (Å²) in [4.78, 5) is 34.6. The van der Waals surface area contributed by atoms with Crippen molar-refractivity contribution in [1.82, 2.24) is 20.1 Å². The number of benzene rings is 1. The van der Waals surface area contributed by atoms with Gasteiger partial charge in [0.25, 0.3) is 5.91 Å². The van der Waals surface area contributed by atoms with Crippen LogP contribution >= 0.6 is 0 Å². The number of nitrogens with one attached hydrogen (secondary N) is 1. The summed E-state index contributed by atoms with van der Waals surface area (Å²) in [6.07, 6.45) is 3.78. The lowest BCUT2D eigenvalue weighted by Gasteiger charge is -2.34. The Bertz CT molecular complexity index is 930. The molecule has 1 aromatic heterocycles. The van der Waals surface area contributed by atoms with Crippen LogP contribution in [0.15, 0.2) is 42.5 Å². The molecule has 2 aromatic rings. The van der Waals surface area contributed by atoms with Gasteiger partial charge in [-0.25, -0.2) is 4.79 Å². The smallest absolute Gasteiger partial charge is 0.317 e. The van der Waals surface area contributed by atoms with Gasteiger partial charge >= 0.3 is 6.03 Å². The highest BCUT2D eigenvalue weighted by Crippen LogP contribution is 2.31. The lowest BCUT2D eigenvalue weighted by molar-refractivity contribution is 0.0694. The Kier molecular flexibility index (Phi) is 7.08. The van der Waals surface area contributed by atoms with E-state index in [-0.39, 0.29) is 17.9 Å². The number of amides is 3. The van der Waals surface area contributed by atoms with E-state index in [9.17, 15) is 9.59 Å². The number of pyridine rings is 1. The van der Waals surface area contributed by atoms with E-state index in [1.165, 1.54) is 0 Å². The lowest BCUT2D eigenvalue weighted by Crippen LogP contribution is -2.44. The second-order valence-electron chi connectivity index (χ2n) is 9.27. The maximum atomic E-state index is 13.3. The molecule has 6 nitrogen and oxygen atoms in total. The zero-order chi connectivity index (χ0) is 22.5. The number of aromatic nitrogens is 1. The van der Waals surface area contributed by atoms with Gasteiger partial charge in [0.05, 0.1) is 11.3 Å². The van der Waals surface area contributed by atoms with Gasteiger partial charge in [-0.05, 0) is 56.2 Å². The average Bonchev–Trinajstić information content (AvgIpc) is 2.83. The Morgan fingerprint density at radius 1 is 0.938 bits per heavy atom. The highest BCUT2D eigenvalue weighted by atomic mass is 16.2. The van der Waals surface area contributed by atoms with Gasteiger partial charge in [0.2, 0.25) is 0 Å². The predicted molar refractivity (Wildman–Crippen MR) is 126 cm³/mol. The van der Waals surface area contributed by atoms with Crippen LogP contribution in [0.25, 0.3) is 0 Å². The van der Waals surface area contributed by atoms with Crippen molar-refractivity contribution >= 4 is 11.9 Å². The lowest BCUT2D eigenvalue weighted by atomic mass is 9.89. The number of urea groups is 1. The van der Waals surface area contributed by atoms with E-state index in [0.717, 1.165) is 61.3 Å². The molecule has 3 amide bonds. The van der Waals surface area contributed by atoms with Crippen LogP contribution in [0, 0.1) is 12.8 Å². The van der Waals surface area contributed by atoms with E-state index in [0.29, 0.717) is 25.6 Å². The van der Waals surface area contributed by atoms with Gasteiger partial charge in [-0.15, -0.1) is 0 Å². The Balaban J connectivity index is 1.38. The molecule has 2 saturated heterocycles. The molecule has 2 aliphatic heterocycles. The van der Waals surface area contributed by atoms with Gasteiger partial charge in [-0.3, -0.25) is 9.78 Å². The molecular weight excluding hydrogens is 400 g/mol. The number of carbonyl (C=O) groups excluding carboxylic acids is 2. The molecule has 4 rings (SSSR count). The third kappa shape index (κ3) is 5.29. The molecule has 2 aliphatic rings. The molecule has 0 bridgehead atoms. The summed E-state index contributed by atoms with van der Waals surface area (Å²) in [5.41, 5.74) is 3.69. The molecule has 0 unspecified atom stereocenters. The third-order valence-electron chi connectivity index (χ3n) is 6.82. The first-order valence-corrected chi connectivity index (χ1v) is 11.8. The third-order valence-corrected chi connectivity index (χ3v) is 6.82. The standard InChI is InChI=1S/C26H34N4O2/c1-19-10-14-29(15-11-19)25(31)23-9-8-20(2)28-24(23)22-12-16-30(17-13-22)26(32)27-18-21-6-4-3-5-7-21/h3-9,19,22H,10-18H2,1-2H3,(H,27,32). The number of aryl methyl sites for hydroxylation is 1. The normalized spacial score (nSPS) is 17.9. The predicted octanol–water partition coefficient (Wildman–Crippen LogP) is 4.35. The van der Waals surface area contributed by atoms with Crippen LogP contribution in [-0.4, -0.2) is 52.9 Å². The van der Waals surface area contributed by atoms with Crippen molar-refractivity contribution in [3.63, 3.8) is 0 Å². The fourth-order valence-corrected chi connectivity index (χ4v) is 4.69. The number of hydrogen-bond donors (Lipinski definition) is 1. The highest BCUT2D eigenvalue weighted by molar-refractivity contribution is 5.95. The minimum absolute atomic E-state index is 0.0248. The second-order valence-corrected chi connectivity index (χ2v) is 9.27. The Morgan fingerprint density at radius 3 is 2.28 bits per heavy atom. The zero-order valence-electron chi connectivity index (χ0n) is 19.2. The van der Waals surface area contributed by atoms with Crippen molar-refractivity contribution < 1.29 is 9.59 Å². The maximum Gasteiger partial charge on any atom is 0.317 e. The topological polar surface area (TPSA) is 65.5 Å². The van der Waals surface area contributed by atoms with E-state index in [1.807, 2.05) is 59.2 Å². The van der Waals surface area contributed by atoms with Crippen LogP contribution in [0.5, 0.6) is 0 Å². The second kappa shape index (κ2) is 10.2. The minimum Gasteiger partial charge on any atom is -0.339 e. The Morgan fingerprint density at radius 2 is 1.59 bits per heavy atom. The Labute approximate surface area is 191 Å². The summed E-state index contributed by atoms with van der Waals surface area (Å²) in [5.74, 6) is 1.00. The molecule has 1 aromatic carbocycles. The number of likely N-dealkylation sites (tertiary alicyclic amines) is 2. The first-order chi connectivity index (χ1) is 15.5. The fraction of sp³-hybridized carbons (Fsp3) is 0.500. The number of hydrogen-bond acceptors (Lipinski definition) is 3. The number of rotatable bonds is 4. The number of nitrogens with zero attached hydrogens (tertiary/aromatic N) is 3. The summed E-state index contributed by atoms with van der Waals surface area (Å²) < 4.78 is 0. The summed E-state index contributed by atoms with van der Waals surface area (Å²) in [5, 5.41) is 3.02. The molecular formula is C26H34N4O2. The minimum atomic E-state index is -0.0248. The number of carbonyl (C=O) groups is 2. The number of piperidine rings is 2. The molecule has 0 spiro atoms. The van der Waals surface area contributed by atoms with Crippen LogP contribution < -0.4 is 5.32 Å². The molecule has 0 atom stereocenters. The van der Waals surface area contributed by atoms with Gasteiger partial charge in [0.15, 0.2) is 0 Å². The molecule has 2 fully saturated rings. The summed E-state index contributed by atoms with van der Waals surface area (Å²) in [6, 6.07) is 13.8. The molecule has 0 radical (unpaired) electrons. The maximum absolute atomic E-state index is 13.3. The van der Waals surface area contributed by atoms with Crippen LogP contribution in [0.2, 0.25) is 0 Å². The Hall–Kier alpha value is -2.89. The van der Waals surface area contributed by atoms with Crippen LogP contribution in [0.1, 0.15) is 65.8 Å². The molecule has 0 aliphatic carbocycles. The summed E-state index contributed by atoms with van der Waals surface area (Å²) in [7, 11) is 0. The van der Waals surface area contributed by atoms with E-state index < -0.39 is 0 Å². The van der Waals surface area contributed by atoms with E-state index in [2.05, 4.69) is 12.2 Å². The highest BCUT2D eigenvalue weighted by Gasteiger charge is 2.30. The first kappa shape index (κ1) is 22.3. The SMILES string of the molecule is Cc1ccc(C(=O)N2CCC(C)CC2)c(C2CCN(C(=O)NCc3ccccc3)CC2)n1. The van der Waals surface area contributed by atoms with Crippen molar-refractivity contribution in [3.8, 4) is 0 Å². The van der Waals surface area contributed by atoms with E-state index in [4.69, 9.17) is 4.98 Å². The van der Waals surface area contributed by atoms with Gasteiger partial charge < -0.3 is 15.1 Å². The summed E-state index contributed by atoms with van der Waals surface area (Å²) >= 11 is 0. The fourth-order valence-electron chi connectivity index (χ4n) is 4.69. The molecule has 32 heavy (non-hydrogen) atoms. The van der Waals surface area contributed by atoms with E-state index in [1.54, 1.807) is 0 Å². The van der Waals surface area contributed by atoms with E-state index >= 15 is 0 Å². The monoisotopic (exact) mass is 434 g/mol. The molecule has 3 heterocycles. The van der Waals surface area contributed by atoms with Gasteiger partial charge in [0, 0.05) is 44.3 Å². The molecule has 6 heteroatoms. The average molecular weight is 435 g/mol. The zero-order valence-corrected chi connectivity index (χ0v) is 19.2. The molecule has 170 valence electrons. The van der Waals surface area contributed by atoms with Crippen LogP contribution in [-0.2, 0) is 6.54 Å². The van der Waals surface area contributed by atoms with Gasteiger partial charge in [0.1, 0.15) is 0 Å².